The number of nitrogens with zero attached hydrogens (tertiary/aromatic N) is 2. The topological polar surface area (TPSA) is 34.2 Å². The number of hydrogen-bond acceptors (Lipinski definition) is 5. The molecule has 0 aromatic heterocycles. The van der Waals surface area contributed by atoms with Crippen molar-refractivity contribution in [3.05, 3.63) is 53.6 Å². The third-order valence-corrected chi connectivity index (χ3v) is 7.16. The van der Waals surface area contributed by atoms with Crippen LogP contribution in [-0.4, -0.2) is 56.4 Å². The van der Waals surface area contributed by atoms with Crippen LogP contribution in [0.1, 0.15) is 36.8 Å². The highest BCUT2D eigenvalue weighted by atomic mass is 16.7. The Kier molecular flexibility index (Phi) is 6.06. The second-order valence-electron chi connectivity index (χ2n) is 9.46. The summed E-state index contributed by atoms with van der Waals surface area (Å²) >= 11 is 0. The number of likely N-dealkylation sites (tertiary alicyclic amines) is 2. The fourth-order valence-electron chi connectivity index (χ4n) is 5.68. The maximum atomic E-state index is 5.61. The molecule has 1 spiro atoms. The Labute approximate surface area is 185 Å². The number of benzene rings is 2. The van der Waals surface area contributed by atoms with Crippen LogP contribution in [0, 0.1) is 5.41 Å². The Morgan fingerprint density at radius 2 is 1.84 bits per heavy atom. The number of methoxy groups -OCH3 is 1. The summed E-state index contributed by atoms with van der Waals surface area (Å²) in [6.45, 7) is 7.33. The second-order valence-corrected chi connectivity index (χ2v) is 9.46. The molecule has 31 heavy (non-hydrogen) atoms. The van der Waals surface area contributed by atoms with E-state index in [9.17, 15) is 0 Å². The highest BCUT2D eigenvalue weighted by molar-refractivity contribution is 5.55. The molecule has 1 unspecified atom stereocenters. The molecule has 1 atom stereocenters. The zero-order chi connectivity index (χ0) is 21.1. The van der Waals surface area contributed by atoms with E-state index >= 15 is 0 Å². The number of piperidine rings is 1. The van der Waals surface area contributed by atoms with Gasteiger partial charge in [-0.05, 0) is 80.4 Å². The van der Waals surface area contributed by atoms with Gasteiger partial charge in [-0.2, -0.15) is 0 Å². The molecule has 0 N–H and O–H groups in total. The van der Waals surface area contributed by atoms with Gasteiger partial charge in [0.25, 0.3) is 0 Å². The lowest BCUT2D eigenvalue weighted by Crippen LogP contribution is -2.45. The fourth-order valence-corrected chi connectivity index (χ4v) is 5.68. The van der Waals surface area contributed by atoms with Crippen LogP contribution in [-0.2, 0) is 13.0 Å². The van der Waals surface area contributed by atoms with Gasteiger partial charge in [0.05, 0.1) is 7.11 Å². The van der Waals surface area contributed by atoms with Crippen molar-refractivity contribution in [2.24, 2.45) is 5.41 Å². The largest absolute Gasteiger partial charge is 0.493 e. The lowest BCUT2D eigenvalue weighted by molar-refractivity contribution is 0.0911. The normalized spacial score (nSPS) is 23.5. The molecule has 2 fully saturated rings. The first-order valence-electron chi connectivity index (χ1n) is 11.7. The SMILES string of the molecule is COc1cc(CN2CCC3(CCCN(CCCc4ccccc4)C3)C2)cc2c1OCO2. The van der Waals surface area contributed by atoms with E-state index < -0.39 is 0 Å². The van der Waals surface area contributed by atoms with Crippen molar-refractivity contribution in [3.63, 3.8) is 0 Å². The van der Waals surface area contributed by atoms with Gasteiger partial charge in [0, 0.05) is 19.6 Å². The molecule has 3 aliphatic rings. The predicted molar refractivity (Wildman–Crippen MR) is 122 cm³/mol. The zero-order valence-electron chi connectivity index (χ0n) is 18.6. The van der Waals surface area contributed by atoms with Gasteiger partial charge >= 0.3 is 0 Å². The van der Waals surface area contributed by atoms with Crippen LogP contribution in [0.5, 0.6) is 17.2 Å². The number of ether oxygens (including phenoxy) is 3. The predicted octanol–water partition coefficient (Wildman–Crippen LogP) is 4.34. The van der Waals surface area contributed by atoms with Crippen LogP contribution >= 0.6 is 0 Å². The van der Waals surface area contributed by atoms with E-state index in [0.29, 0.717) is 5.41 Å². The van der Waals surface area contributed by atoms with Gasteiger partial charge < -0.3 is 19.1 Å². The van der Waals surface area contributed by atoms with Crippen LogP contribution in [0.15, 0.2) is 42.5 Å². The van der Waals surface area contributed by atoms with Gasteiger partial charge in [-0.1, -0.05) is 30.3 Å². The van der Waals surface area contributed by atoms with Crippen LogP contribution in [0.3, 0.4) is 0 Å². The summed E-state index contributed by atoms with van der Waals surface area (Å²) in [7, 11) is 1.69. The minimum atomic E-state index is 0.280. The Morgan fingerprint density at radius 1 is 0.968 bits per heavy atom. The van der Waals surface area contributed by atoms with Gasteiger partial charge in [0.15, 0.2) is 11.5 Å². The van der Waals surface area contributed by atoms with E-state index in [4.69, 9.17) is 14.2 Å². The maximum absolute atomic E-state index is 5.61. The van der Waals surface area contributed by atoms with Crippen molar-refractivity contribution in [1.82, 2.24) is 9.80 Å². The van der Waals surface area contributed by atoms with E-state index in [1.165, 1.54) is 76.0 Å². The van der Waals surface area contributed by atoms with E-state index in [0.717, 1.165) is 23.8 Å². The molecule has 5 nitrogen and oxygen atoms in total. The number of rotatable bonds is 7. The smallest absolute Gasteiger partial charge is 0.231 e. The standard InChI is InChI=1S/C26H34N2O3/c1-29-23-15-22(16-24-25(23)31-20-30-24)17-28-14-11-26(19-28)10-6-13-27(18-26)12-5-9-21-7-3-2-4-8-21/h2-4,7-8,15-16H,5-6,9-14,17-20H2,1H3. The van der Waals surface area contributed by atoms with Crippen molar-refractivity contribution >= 4 is 0 Å². The molecule has 5 rings (SSSR count). The van der Waals surface area contributed by atoms with Crippen LogP contribution in [0.2, 0.25) is 0 Å². The quantitative estimate of drug-likeness (QED) is 0.663. The first-order valence-corrected chi connectivity index (χ1v) is 11.7. The summed E-state index contributed by atoms with van der Waals surface area (Å²) in [5, 5.41) is 0. The summed E-state index contributed by atoms with van der Waals surface area (Å²) in [5.74, 6) is 2.33. The Bertz CT molecular complexity index is 888. The summed E-state index contributed by atoms with van der Waals surface area (Å²) in [6.07, 6.45) is 6.44. The van der Waals surface area contributed by atoms with Crippen molar-refractivity contribution in [2.75, 3.05) is 46.6 Å². The third-order valence-electron chi connectivity index (χ3n) is 7.16. The molecule has 0 aliphatic carbocycles. The van der Waals surface area contributed by atoms with Gasteiger partial charge in [-0.3, -0.25) is 4.90 Å². The van der Waals surface area contributed by atoms with Gasteiger partial charge in [0.1, 0.15) is 0 Å². The number of aryl methyl sites for hydroxylation is 1. The van der Waals surface area contributed by atoms with E-state index in [1.807, 2.05) is 0 Å². The molecule has 166 valence electrons. The first kappa shape index (κ1) is 20.7. The average molecular weight is 423 g/mol. The Balaban J connectivity index is 1.16. The second kappa shape index (κ2) is 9.09. The van der Waals surface area contributed by atoms with E-state index in [1.54, 1.807) is 7.11 Å². The lowest BCUT2D eigenvalue weighted by Gasteiger charge is -2.40. The van der Waals surface area contributed by atoms with Crippen molar-refractivity contribution in [1.29, 1.82) is 0 Å². The molecule has 5 heteroatoms. The molecule has 0 radical (unpaired) electrons. The molecule has 2 saturated heterocycles. The summed E-state index contributed by atoms with van der Waals surface area (Å²) < 4.78 is 16.7. The number of fused-ring (bicyclic) bond motifs is 1. The molecular formula is C26H34N2O3. The lowest BCUT2D eigenvalue weighted by atomic mass is 9.79. The van der Waals surface area contributed by atoms with Crippen molar-refractivity contribution in [2.45, 2.75) is 38.6 Å². The van der Waals surface area contributed by atoms with Gasteiger partial charge in [-0.25, -0.2) is 0 Å². The van der Waals surface area contributed by atoms with Gasteiger partial charge in [0.2, 0.25) is 12.5 Å². The van der Waals surface area contributed by atoms with Gasteiger partial charge in [-0.15, -0.1) is 0 Å². The molecule has 2 aromatic carbocycles. The molecule has 0 amide bonds. The molecule has 3 aliphatic heterocycles. The minimum Gasteiger partial charge on any atom is -0.493 e. The highest BCUT2D eigenvalue weighted by Gasteiger charge is 2.41. The van der Waals surface area contributed by atoms with E-state index in [2.05, 4.69) is 52.3 Å². The number of hydrogen-bond donors (Lipinski definition) is 0. The van der Waals surface area contributed by atoms with Crippen LogP contribution in [0.25, 0.3) is 0 Å². The van der Waals surface area contributed by atoms with Crippen LogP contribution in [0.4, 0.5) is 0 Å². The van der Waals surface area contributed by atoms with Crippen molar-refractivity contribution < 1.29 is 14.2 Å². The molecule has 0 saturated carbocycles. The molecule has 3 heterocycles. The summed E-state index contributed by atoms with van der Waals surface area (Å²) in [5.41, 5.74) is 3.17. The Hall–Kier alpha value is -2.24. The molecular weight excluding hydrogens is 388 g/mol. The average Bonchev–Trinajstić information content (AvgIpc) is 3.41. The highest BCUT2D eigenvalue weighted by Crippen LogP contribution is 2.43. The third kappa shape index (κ3) is 4.68. The molecule has 2 aromatic rings. The van der Waals surface area contributed by atoms with E-state index in [-0.39, 0.29) is 6.79 Å². The monoisotopic (exact) mass is 422 g/mol. The summed E-state index contributed by atoms with van der Waals surface area (Å²) in [6, 6.07) is 15.1. The zero-order valence-corrected chi connectivity index (χ0v) is 18.6. The summed E-state index contributed by atoms with van der Waals surface area (Å²) in [4.78, 5) is 5.34. The minimum absolute atomic E-state index is 0.280. The fraction of sp³-hybridized carbons (Fsp3) is 0.538. The van der Waals surface area contributed by atoms with Crippen LogP contribution < -0.4 is 14.2 Å². The molecule has 0 bridgehead atoms. The Morgan fingerprint density at radius 3 is 2.71 bits per heavy atom. The maximum Gasteiger partial charge on any atom is 0.231 e. The van der Waals surface area contributed by atoms with Crippen molar-refractivity contribution in [3.8, 4) is 17.2 Å². The first-order chi connectivity index (χ1) is 15.2.